The van der Waals surface area contributed by atoms with Crippen molar-refractivity contribution in [2.24, 2.45) is 0 Å². The molecule has 0 fully saturated rings. The Morgan fingerprint density at radius 3 is 2.52 bits per heavy atom. The first-order chi connectivity index (χ1) is 10.9. The van der Waals surface area contributed by atoms with E-state index in [1.807, 2.05) is 12.1 Å². The zero-order chi connectivity index (χ0) is 17.1. The van der Waals surface area contributed by atoms with E-state index in [1.54, 1.807) is 21.1 Å². The SMILES string of the molecule is COC(=O)C1=C(C)NC(=S)N[C@H]1c1cc(I)c(OC)c(OC)c1. The van der Waals surface area contributed by atoms with Gasteiger partial charge in [0.1, 0.15) is 0 Å². The van der Waals surface area contributed by atoms with Crippen molar-refractivity contribution in [2.45, 2.75) is 13.0 Å². The lowest BCUT2D eigenvalue weighted by Crippen LogP contribution is -2.45. The molecule has 0 spiro atoms. The summed E-state index contributed by atoms with van der Waals surface area (Å²) >= 11 is 7.37. The van der Waals surface area contributed by atoms with Gasteiger partial charge in [-0.25, -0.2) is 4.79 Å². The molecule has 1 heterocycles. The molecule has 23 heavy (non-hydrogen) atoms. The number of esters is 1. The first-order valence-electron chi connectivity index (χ1n) is 6.71. The van der Waals surface area contributed by atoms with Crippen molar-refractivity contribution in [3.05, 3.63) is 32.5 Å². The van der Waals surface area contributed by atoms with Crippen LogP contribution in [0, 0.1) is 3.57 Å². The predicted molar refractivity (Wildman–Crippen MR) is 98.6 cm³/mol. The van der Waals surface area contributed by atoms with Crippen LogP contribution in [0.2, 0.25) is 0 Å². The number of rotatable bonds is 4. The van der Waals surface area contributed by atoms with Gasteiger partial charge in [0.25, 0.3) is 0 Å². The van der Waals surface area contributed by atoms with E-state index in [0.717, 1.165) is 9.13 Å². The van der Waals surface area contributed by atoms with Gasteiger partial charge in [-0.05, 0) is 59.4 Å². The van der Waals surface area contributed by atoms with Crippen LogP contribution in [0.1, 0.15) is 18.5 Å². The summed E-state index contributed by atoms with van der Waals surface area (Å²) in [6.45, 7) is 1.79. The lowest BCUT2D eigenvalue weighted by molar-refractivity contribution is -0.136. The largest absolute Gasteiger partial charge is 0.493 e. The highest BCUT2D eigenvalue weighted by atomic mass is 127. The van der Waals surface area contributed by atoms with Gasteiger partial charge in [0.2, 0.25) is 0 Å². The monoisotopic (exact) mass is 448 g/mol. The first kappa shape index (κ1) is 17.8. The Labute approximate surface area is 153 Å². The van der Waals surface area contributed by atoms with Crippen LogP contribution in [0.15, 0.2) is 23.4 Å². The van der Waals surface area contributed by atoms with Crippen LogP contribution >= 0.6 is 34.8 Å². The predicted octanol–water partition coefficient (Wildman–Crippen LogP) is 2.27. The number of thiocarbonyl (C=S) groups is 1. The molecule has 0 amide bonds. The van der Waals surface area contributed by atoms with E-state index in [2.05, 4.69) is 33.2 Å². The Balaban J connectivity index is 2.58. The third kappa shape index (κ3) is 3.52. The highest BCUT2D eigenvalue weighted by Crippen LogP contribution is 2.37. The minimum atomic E-state index is -0.426. The number of carbonyl (C=O) groups excluding carboxylic acids is 1. The summed E-state index contributed by atoms with van der Waals surface area (Å²) < 4.78 is 16.5. The number of benzene rings is 1. The van der Waals surface area contributed by atoms with Crippen LogP contribution in [0.5, 0.6) is 11.5 Å². The molecule has 1 aromatic rings. The Bertz CT molecular complexity index is 690. The van der Waals surface area contributed by atoms with E-state index in [9.17, 15) is 4.79 Å². The molecule has 0 aromatic heterocycles. The zero-order valence-corrected chi connectivity index (χ0v) is 16.1. The number of allylic oxidation sites excluding steroid dienone is 1. The lowest BCUT2D eigenvalue weighted by Gasteiger charge is -2.30. The van der Waals surface area contributed by atoms with Gasteiger partial charge < -0.3 is 24.8 Å². The van der Waals surface area contributed by atoms with Gasteiger partial charge in [-0.2, -0.15) is 0 Å². The molecule has 0 saturated heterocycles. The van der Waals surface area contributed by atoms with Crippen LogP contribution in [-0.4, -0.2) is 32.4 Å². The van der Waals surface area contributed by atoms with Gasteiger partial charge in [-0.1, -0.05) is 0 Å². The lowest BCUT2D eigenvalue weighted by atomic mass is 9.95. The Hall–Kier alpha value is -1.55. The van der Waals surface area contributed by atoms with E-state index < -0.39 is 12.0 Å². The van der Waals surface area contributed by atoms with Gasteiger partial charge in [-0.15, -0.1) is 0 Å². The highest BCUT2D eigenvalue weighted by molar-refractivity contribution is 14.1. The second-order valence-electron chi connectivity index (χ2n) is 4.80. The minimum absolute atomic E-state index is 0.417. The molecule has 0 aliphatic carbocycles. The second kappa shape index (κ2) is 7.35. The molecule has 1 atom stereocenters. The number of halogens is 1. The molecule has 2 N–H and O–H groups in total. The van der Waals surface area contributed by atoms with Crippen LogP contribution < -0.4 is 20.1 Å². The molecule has 0 unspecified atom stereocenters. The maximum absolute atomic E-state index is 12.2. The molecular formula is C15H17IN2O4S. The van der Waals surface area contributed by atoms with Gasteiger partial charge in [0.15, 0.2) is 16.6 Å². The first-order valence-corrected chi connectivity index (χ1v) is 8.19. The fraction of sp³-hybridized carbons (Fsp3) is 0.333. The molecule has 2 rings (SSSR count). The fourth-order valence-electron chi connectivity index (χ4n) is 2.43. The molecule has 8 heteroatoms. The van der Waals surface area contributed by atoms with Crippen LogP contribution in [0.25, 0.3) is 0 Å². The third-order valence-corrected chi connectivity index (χ3v) is 4.48. The fourth-order valence-corrected chi connectivity index (χ4v) is 3.55. The zero-order valence-electron chi connectivity index (χ0n) is 13.2. The van der Waals surface area contributed by atoms with Crippen LogP contribution in [0.3, 0.4) is 0 Å². The number of hydrogen-bond donors (Lipinski definition) is 2. The number of hydrogen-bond acceptors (Lipinski definition) is 5. The number of nitrogens with one attached hydrogen (secondary N) is 2. The molecule has 124 valence electrons. The van der Waals surface area contributed by atoms with Crippen molar-refractivity contribution in [3.63, 3.8) is 0 Å². The maximum Gasteiger partial charge on any atom is 0.337 e. The third-order valence-electron chi connectivity index (χ3n) is 3.46. The molecule has 1 aliphatic heterocycles. The van der Waals surface area contributed by atoms with Gasteiger partial charge in [-0.3, -0.25) is 0 Å². The van der Waals surface area contributed by atoms with E-state index in [0.29, 0.717) is 27.9 Å². The number of ether oxygens (including phenoxy) is 3. The summed E-state index contributed by atoms with van der Waals surface area (Å²) in [6.07, 6.45) is 0. The number of methoxy groups -OCH3 is 3. The van der Waals surface area contributed by atoms with Crippen molar-refractivity contribution in [1.29, 1.82) is 0 Å². The standard InChI is InChI=1S/C15H17IN2O4S/c1-7-11(14(19)22-4)12(18-15(23)17-7)8-5-9(16)13(21-3)10(6-8)20-2/h5-6,12H,1-4H3,(H2,17,18,23)/t12-/m0/s1. The summed E-state index contributed by atoms with van der Waals surface area (Å²) in [4.78, 5) is 12.2. The summed E-state index contributed by atoms with van der Waals surface area (Å²) in [5.74, 6) is 0.816. The van der Waals surface area contributed by atoms with Crippen LogP contribution in [-0.2, 0) is 9.53 Å². The average Bonchev–Trinajstić information content (AvgIpc) is 2.52. The summed E-state index contributed by atoms with van der Waals surface area (Å²) in [5.41, 5.74) is 1.97. The molecular weight excluding hydrogens is 431 g/mol. The van der Waals surface area contributed by atoms with Crippen molar-refractivity contribution >= 4 is 45.9 Å². The number of carbonyl (C=O) groups is 1. The summed E-state index contributed by atoms with van der Waals surface area (Å²) in [5, 5.41) is 6.51. The second-order valence-corrected chi connectivity index (χ2v) is 6.37. The smallest absolute Gasteiger partial charge is 0.337 e. The summed E-state index contributed by atoms with van der Waals surface area (Å²) in [6, 6.07) is 3.32. The van der Waals surface area contributed by atoms with Gasteiger partial charge in [0, 0.05) is 5.70 Å². The summed E-state index contributed by atoms with van der Waals surface area (Å²) in [7, 11) is 4.51. The van der Waals surface area contributed by atoms with Crippen LogP contribution in [0.4, 0.5) is 0 Å². The molecule has 6 nitrogen and oxygen atoms in total. The van der Waals surface area contributed by atoms with E-state index >= 15 is 0 Å². The van der Waals surface area contributed by atoms with Crippen molar-refractivity contribution in [3.8, 4) is 11.5 Å². The van der Waals surface area contributed by atoms with Gasteiger partial charge in [0.05, 0.1) is 36.5 Å². The Kier molecular flexibility index (Phi) is 5.69. The van der Waals surface area contributed by atoms with Crippen molar-refractivity contribution < 1.29 is 19.0 Å². The van der Waals surface area contributed by atoms with Gasteiger partial charge >= 0.3 is 5.97 Å². The van der Waals surface area contributed by atoms with Crippen molar-refractivity contribution in [2.75, 3.05) is 21.3 Å². The Morgan fingerprint density at radius 2 is 1.96 bits per heavy atom. The quantitative estimate of drug-likeness (QED) is 0.416. The Morgan fingerprint density at radius 1 is 1.26 bits per heavy atom. The van der Waals surface area contributed by atoms with E-state index in [4.69, 9.17) is 26.4 Å². The topological polar surface area (TPSA) is 68.8 Å². The van der Waals surface area contributed by atoms with Crippen molar-refractivity contribution in [1.82, 2.24) is 10.6 Å². The molecule has 1 aliphatic rings. The minimum Gasteiger partial charge on any atom is -0.493 e. The normalized spacial score (nSPS) is 17.3. The molecule has 0 bridgehead atoms. The molecule has 0 saturated carbocycles. The molecule has 0 radical (unpaired) electrons. The highest BCUT2D eigenvalue weighted by Gasteiger charge is 2.31. The maximum atomic E-state index is 12.2. The molecule has 1 aromatic carbocycles. The van der Waals surface area contributed by atoms with E-state index in [-0.39, 0.29) is 0 Å². The average molecular weight is 448 g/mol. The van der Waals surface area contributed by atoms with E-state index in [1.165, 1.54) is 7.11 Å².